The monoisotopic (exact) mass is 492 g/mol. The lowest BCUT2D eigenvalue weighted by atomic mass is 9.97. The highest BCUT2D eigenvalue weighted by molar-refractivity contribution is 7.99. The zero-order valence-corrected chi connectivity index (χ0v) is 19.3. The number of thiazole rings is 2. The van der Waals surface area contributed by atoms with Crippen molar-refractivity contribution in [3.8, 4) is 11.4 Å². The van der Waals surface area contributed by atoms with Gasteiger partial charge in [-0.1, -0.05) is 17.0 Å². The lowest BCUT2D eigenvalue weighted by Crippen LogP contribution is -2.55. The smallest absolute Gasteiger partial charge is 0.180 e. The average Bonchev–Trinajstić information content (AvgIpc) is 3.54. The fourth-order valence-corrected chi connectivity index (χ4v) is 6.25. The van der Waals surface area contributed by atoms with Crippen molar-refractivity contribution in [1.29, 1.82) is 0 Å². The molecule has 4 N–H and O–H groups in total. The molecule has 4 aromatic rings. The molecule has 0 aliphatic carbocycles. The summed E-state index contributed by atoms with van der Waals surface area (Å²) >= 11 is 4.34. The lowest BCUT2D eigenvalue weighted by molar-refractivity contribution is -0.186. The van der Waals surface area contributed by atoms with Gasteiger partial charge in [-0.3, -0.25) is 0 Å². The van der Waals surface area contributed by atoms with E-state index in [1.54, 1.807) is 40.2 Å². The highest BCUT2D eigenvalue weighted by atomic mass is 32.2. The van der Waals surface area contributed by atoms with Gasteiger partial charge in [0.05, 0.1) is 28.5 Å². The van der Waals surface area contributed by atoms with Gasteiger partial charge in [0.15, 0.2) is 5.13 Å². The Kier molecular flexibility index (Phi) is 6.11. The Morgan fingerprint density at radius 2 is 2.19 bits per heavy atom. The topological polar surface area (TPSA) is 141 Å². The molecule has 168 valence electrons. The van der Waals surface area contributed by atoms with Crippen molar-refractivity contribution in [3.05, 3.63) is 35.3 Å². The Balaban J connectivity index is 1.45. The van der Waals surface area contributed by atoms with Gasteiger partial charge in [-0.2, -0.15) is 0 Å². The van der Waals surface area contributed by atoms with Gasteiger partial charge >= 0.3 is 0 Å². The molecule has 5 atom stereocenters. The third-order valence-corrected chi connectivity index (χ3v) is 7.86. The molecule has 5 rings (SSSR count). The van der Waals surface area contributed by atoms with Crippen molar-refractivity contribution >= 4 is 49.8 Å². The first kappa shape index (κ1) is 21.7. The van der Waals surface area contributed by atoms with Crippen LogP contribution in [-0.2, 0) is 9.47 Å². The van der Waals surface area contributed by atoms with E-state index < -0.39 is 29.8 Å². The summed E-state index contributed by atoms with van der Waals surface area (Å²) in [5, 5.41) is 31.5. The molecule has 3 aromatic heterocycles. The molecular weight excluding hydrogens is 472 g/mol. The van der Waals surface area contributed by atoms with Crippen LogP contribution in [-0.4, -0.2) is 72.6 Å². The highest BCUT2D eigenvalue weighted by Crippen LogP contribution is 2.40. The van der Waals surface area contributed by atoms with Crippen LogP contribution in [0.2, 0.25) is 0 Å². The minimum Gasteiger partial charge on any atom is -0.394 e. The zero-order chi connectivity index (χ0) is 22.2. The molecular formula is C19H20N6O4S3. The molecule has 0 amide bonds. The first-order valence-corrected chi connectivity index (χ1v) is 12.3. The SMILES string of the molecule is COC1C(Sc2ccc3ncsc3c2)OC(CO)C(O)C1n1cc(-c2csc(N)n2)nn1. The number of aromatic nitrogens is 5. The largest absolute Gasteiger partial charge is 0.394 e. The Bertz CT molecular complexity index is 1210. The maximum absolute atomic E-state index is 11.0. The molecule has 1 aliphatic rings. The number of methoxy groups -OCH3 is 1. The average molecular weight is 493 g/mol. The van der Waals surface area contributed by atoms with Crippen molar-refractivity contribution in [1.82, 2.24) is 25.0 Å². The second kappa shape index (κ2) is 9.02. The van der Waals surface area contributed by atoms with E-state index in [-0.39, 0.29) is 6.61 Å². The number of ether oxygens (including phenoxy) is 2. The van der Waals surface area contributed by atoms with Crippen molar-refractivity contribution in [2.75, 3.05) is 19.5 Å². The maximum atomic E-state index is 11.0. The number of nitrogen functional groups attached to an aromatic ring is 1. The molecule has 1 saturated heterocycles. The number of anilines is 1. The Hall–Kier alpha value is -2.13. The van der Waals surface area contributed by atoms with E-state index in [9.17, 15) is 10.2 Å². The number of fused-ring (bicyclic) bond motifs is 1. The standard InChI is InChI=1S/C19H20N6O4S3/c1-28-17-15(25-5-11(23-24-25)12-7-30-19(20)22-12)16(27)13(6-26)29-18(17)32-9-2-3-10-14(4-9)31-8-21-10/h2-5,7-8,13,15-18,26-27H,6H2,1H3,(H2,20,22). The minimum absolute atomic E-state index is 0.344. The van der Waals surface area contributed by atoms with E-state index in [1.807, 2.05) is 18.2 Å². The first-order valence-electron chi connectivity index (χ1n) is 9.67. The van der Waals surface area contributed by atoms with E-state index in [0.717, 1.165) is 15.1 Å². The van der Waals surface area contributed by atoms with E-state index in [2.05, 4.69) is 20.3 Å². The van der Waals surface area contributed by atoms with Crippen LogP contribution in [0.25, 0.3) is 21.6 Å². The number of nitrogens with zero attached hydrogens (tertiary/aromatic N) is 5. The third kappa shape index (κ3) is 4.01. The highest BCUT2D eigenvalue weighted by Gasteiger charge is 2.47. The number of rotatable bonds is 6. The minimum atomic E-state index is -1.05. The predicted molar refractivity (Wildman–Crippen MR) is 123 cm³/mol. The van der Waals surface area contributed by atoms with E-state index in [0.29, 0.717) is 16.5 Å². The number of benzene rings is 1. The summed E-state index contributed by atoms with van der Waals surface area (Å²) in [5.41, 5.74) is 9.11. The van der Waals surface area contributed by atoms with Crippen LogP contribution < -0.4 is 5.73 Å². The van der Waals surface area contributed by atoms with Crippen molar-refractivity contribution in [2.24, 2.45) is 0 Å². The molecule has 4 heterocycles. The number of thioether (sulfide) groups is 1. The molecule has 0 radical (unpaired) electrons. The van der Waals surface area contributed by atoms with Gasteiger partial charge in [0.1, 0.15) is 41.2 Å². The second-order valence-electron chi connectivity index (χ2n) is 7.16. The summed E-state index contributed by atoms with van der Waals surface area (Å²) in [6.07, 6.45) is -0.733. The van der Waals surface area contributed by atoms with Gasteiger partial charge in [0.25, 0.3) is 0 Å². The number of hydrogen-bond acceptors (Lipinski definition) is 12. The molecule has 0 saturated carbocycles. The molecule has 0 bridgehead atoms. The molecule has 0 spiro atoms. The van der Waals surface area contributed by atoms with Crippen LogP contribution in [0, 0.1) is 0 Å². The first-order chi connectivity index (χ1) is 15.6. The predicted octanol–water partition coefficient (Wildman–Crippen LogP) is 2.02. The molecule has 5 unspecified atom stereocenters. The van der Waals surface area contributed by atoms with Crippen LogP contribution >= 0.6 is 34.4 Å². The number of nitrogens with two attached hydrogens (primary N) is 1. The lowest BCUT2D eigenvalue weighted by Gasteiger charge is -2.43. The molecule has 1 fully saturated rings. The van der Waals surface area contributed by atoms with Gasteiger partial charge in [-0.25, -0.2) is 14.6 Å². The fraction of sp³-hybridized carbons (Fsp3) is 0.368. The zero-order valence-electron chi connectivity index (χ0n) is 16.8. The van der Waals surface area contributed by atoms with Gasteiger partial charge in [-0.05, 0) is 18.2 Å². The van der Waals surface area contributed by atoms with Gasteiger partial charge in [-0.15, -0.1) is 27.8 Å². The number of aliphatic hydroxyl groups is 2. The van der Waals surface area contributed by atoms with E-state index >= 15 is 0 Å². The molecule has 1 aromatic carbocycles. The summed E-state index contributed by atoms with van der Waals surface area (Å²) in [6.45, 7) is -0.344. The number of aliphatic hydroxyl groups excluding tert-OH is 2. The summed E-state index contributed by atoms with van der Waals surface area (Å²) in [4.78, 5) is 9.51. The summed E-state index contributed by atoms with van der Waals surface area (Å²) in [7, 11) is 1.56. The fourth-order valence-electron chi connectivity index (χ4n) is 3.70. The molecule has 1 aliphatic heterocycles. The second-order valence-corrected chi connectivity index (χ2v) is 10.1. The van der Waals surface area contributed by atoms with Crippen LogP contribution in [0.4, 0.5) is 5.13 Å². The van der Waals surface area contributed by atoms with E-state index in [4.69, 9.17) is 15.2 Å². The Labute approximate surface area is 195 Å². The van der Waals surface area contributed by atoms with Crippen molar-refractivity contribution in [3.63, 3.8) is 0 Å². The van der Waals surface area contributed by atoms with Crippen LogP contribution in [0.5, 0.6) is 0 Å². The summed E-state index contributed by atoms with van der Waals surface area (Å²) in [6, 6.07) is 5.34. The Morgan fingerprint density at radius 3 is 2.94 bits per heavy atom. The summed E-state index contributed by atoms with van der Waals surface area (Å²) < 4.78 is 14.4. The van der Waals surface area contributed by atoms with E-state index in [1.165, 1.54) is 23.1 Å². The van der Waals surface area contributed by atoms with Crippen LogP contribution in [0.1, 0.15) is 6.04 Å². The Morgan fingerprint density at radius 1 is 1.31 bits per heavy atom. The quantitative estimate of drug-likeness (QED) is 0.366. The van der Waals surface area contributed by atoms with Crippen molar-refractivity contribution in [2.45, 2.75) is 34.7 Å². The number of hydrogen-bond donors (Lipinski definition) is 3. The molecule has 32 heavy (non-hydrogen) atoms. The molecule has 13 heteroatoms. The van der Waals surface area contributed by atoms with Gasteiger partial charge in [0.2, 0.25) is 0 Å². The third-order valence-electron chi connectivity index (χ3n) is 5.25. The summed E-state index contributed by atoms with van der Waals surface area (Å²) in [5.74, 6) is 0. The van der Waals surface area contributed by atoms with Gasteiger partial charge < -0.3 is 25.4 Å². The molecule has 10 nitrogen and oxygen atoms in total. The van der Waals surface area contributed by atoms with Gasteiger partial charge in [0, 0.05) is 17.4 Å². The van der Waals surface area contributed by atoms with Crippen LogP contribution in [0.15, 0.2) is 40.2 Å². The van der Waals surface area contributed by atoms with Crippen LogP contribution in [0.3, 0.4) is 0 Å². The normalized spacial score (nSPS) is 26.0. The maximum Gasteiger partial charge on any atom is 0.180 e. The van der Waals surface area contributed by atoms with Crippen molar-refractivity contribution < 1.29 is 19.7 Å².